The van der Waals surface area contributed by atoms with Gasteiger partial charge in [-0.25, -0.2) is 0 Å². The number of Topliss-reactive ketones (excluding diaryl/α,β-unsaturated/α-hetero) is 1. The Balaban J connectivity index is 2.10. The number of ketones is 1. The second kappa shape index (κ2) is 5.89. The van der Waals surface area contributed by atoms with E-state index in [2.05, 4.69) is 12.2 Å². The van der Waals surface area contributed by atoms with Gasteiger partial charge >= 0.3 is 0 Å². The van der Waals surface area contributed by atoms with Crippen LogP contribution in [0.3, 0.4) is 0 Å². The highest BCUT2D eigenvalue weighted by atomic mass is 35.5. The number of anilines is 1. The minimum absolute atomic E-state index is 0.0782. The largest absolute Gasteiger partial charge is 0.379 e. The van der Waals surface area contributed by atoms with E-state index in [9.17, 15) is 4.79 Å². The second-order valence-corrected chi connectivity index (χ2v) is 4.99. The van der Waals surface area contributed by atoms with Gasteiger partial charge in [0.05, 0.1) is 0 Å². The molecule has 0 bridgehead atoms. The maximum atomic E-state index is 11.2. The molecule has 0 aromatic heterocycles. The third-order valence-corrected chi connectivity index (χ3v) is 3.26. The van der Waals surface area contributed by atoms with E-state index in [-0.39, 0.29) is 11.8 Å². The van der Waals surface area contributed by atoms with E-state index >= 15 is 0 Å². The molecule has 0 amide bonds. The van der Waals surface area contributed by atoms with Gasteiger partial charge in [-0.15, -0.1) is 0 Å². The zero-order valence-corrected chi connectivity index (χ0v) is 11.7. The zero-order chi connectivity index (χ0) is 13.8. The third kappa shape index (κ3) is 3.58. The molecule has 2 aromatic rings. The maximum absolute atomic E-state index is 11.2. The molecule has 0 aliphatic rings. The lowest BCUT2D eigenvalue weighted by atomic mass is 10.1. The van der Waals surface area contributed by atoms with E-state index in [1.54, 1.807) is 6.92 Å². The van der Waals surface area contributed by atoms with Crippen molar-refractivity contribution in [3.05, 3.63) is 64.7 Å². The Morgan fingerprint density at radius 1 is 1.16 bits per heavy atom. The summed E-state index contributed by atoms with van der Waals surface area (Å²) in [6.07, 6.45) is 0. The fraction of sp³-hybridized carbons (Fsp3) is 0.188. The SMILES string of the molecule is CC(=O)c1ccc(NC(C)c2cccc(Cl)c2)cc1. The van der Waals surface area contributed by atoms with Crippen molar-refractivity contribution in [2.45, 2.75) is 19.9 Å². The standard InChI is InChI=1S/C16H16ClNO/c1-11(14-4-3-5-15(17)10-14)18-16-8-6-13(7-9-16)12(2)19/h3-11,18H,1-2H3. The predicted molar refractivity (Wildman–Crippen MR) is 79.9 cm³/mol. The van der Waals surface area contributed by atoms with Gasteiger partial charge in [0.15, 0.2) is 5.78 Å². The average molecular weight is 274 g/mol. The Bertz CT molecular complexity index is 578. The van der Waals surface area contributed by atoms with Crippen LogP contribution in [0.1, 0.15) is 35.8 Å². The van der Waals surface area contributed by atoms with E-state index in [4.69, 9.17) is 11.6 Å². The van der Waals surface area contributed by atoms with Gasteiger partial charge in [-0.3, -0.25) is 4.79 Å². The number of hydrogen-bond donors (Lipinski definition) is 1. The number of rotatable bonds is 4. The molecule has 0 saturated carbocycles. The predicted octanol–water partition coefficient (Wildman–Crippen LogP) is 4.72. The van der Waals surface area contributed by atoms with E-state index in [1.165, 1.54) is 0 Å². The lowest BCUT2D eigenvalue weighted by Gasteiger charge is -2.16. The van der Waals surface area contributed by atoms with Crippen molar-refractivity contribution < 1.29 is 4.79 Å². The molecule has 1 N–H and O–H groups in total. The number of halogens is 1. The summed E-state index contributed by atoms with van der Waals surface area (Å²) in [5, 5.41) is 4.12. The Kier molecular flexibility index (Phi) is 4.23. The maximum Gasteiger partial charge on any atom is 0.159 e. The van der Waals surface area contributed by atoms with Crippen LogP contribution in [-0.4, -0.2) is 5.78 Å². The van der Waals surface area contributed by atoms with Gasteiger partial charge in [-0.05, 0) is 55.8 Å². The number of benzene rings is 2. The summed E-state index contributed by atoms with van der Waals surface area (Å²) in [7, 11) is 0. The topological polar surface area (TPSA) is 29.1 Å². The normalized spacial score (nSPS) is 11.9. The van der Waals surface area contributed by atoms with Gasteiger partial charge in [0.2, 0.25) is 0 Å². The highest BCUT2D eigenvalue weighted by Crippen LogP contribution is 2.22. The highest BCUT2D eigenvalue weighted by Gasteiger charge is 2.06. The van der Waals surface area contributed by atoms with Crippen LogP contribution in [0.25, 0.3) is 0 Å². The van der Waals surface area contributed by atoms with Crippen LogP contribution in [0.15, 0.2) is 48.5 Å². The molecular weight excluding hydrogens is 258 g/mol. The lowest BCUT2D eigenvalue weighted by Crippen LogP contribution is -2.06. The summed E-state index contributed by atoms with van der Waals surface area (Å²) in [6, 6.07) is 15.4. The van der Waals surface area contributed by atoms with Crippen LogP contribution in [-0.2, 0) is 0 Å². The fourth-order valence-corrected chi connectivity index (χ4v) is 2.11. The first kappa shape index (κ1) is 13.6. The molecule has 0 saturated heterocycles. The van der Waals surface area contributed by atoms with Gasteiger partial charge in [-0.2, -0.15) is 0 Å². The summed E-state index contributed by atoms with van der Waals surface area (Å²) in [4.78, 5) is 11.2. The van der Waals surface area contributed by atoms with Crippen molar-refractivity contribution in [1.29, 1.82) is 0 Å². The molecule has 2 nitrogen and oxygen atoms in total. The summed E-state index contributed by atoms with van der Waals surface area (Å²) in [5.41, 5.74) is 2.83. The van der Waals surface area contributed by atoms with Gasteiger partial charge in [0, 0.05) is 22.3 Å². The Hall–Kier alpha value is -1.80. The molecule has 0 radical (unpaired) electrons. The monoisotopic (exact) mass is 273 g/mol. The zero-order valence-electron chi connectivity index (χ0n) is 11.0. The van der Waals surface area contributed by atoms with Crippen molar-refractivity contribution in [2.75, 3.05) is 5.32 Å². The Morgan fingerprint density at radius 2 is 1.84 bits per heavy atom. The van der Waals surface area contributed by atoms with Gasteiger partial charge in [0.1, 0.15) is 0 Å². The van der Waals surface area contributed by atoms with Crippen molar-refractivity contribution in [1.82, 2.24) is 0 Å². The van der Waals surface area contributed by atoms with Crippen LogP contribution < -0.4 is 5.32 Å². The number of nitrogens with one attached hydrogen (secondary N) is 1. The lowest BCUT2D eigenvalue weighted by molar-refractivity contribution is 0.101. The minimum atomic E-state index is 0.0782. The van der Waals surface area contributed by atoms with E-state index in [1.807, 2.05) is 48.5 Å². The van der Waals surface area contributed by atoms with Gasteiger partial charge in [0.25, 0.3) is 0 Å². The summed E-state index contributed by atoms with van der Waals surface area (Å²) in [5.74, 6) is 0.0782. The first-order valence-electron chi connectivity index (χ1n) is 6.19. The molecule has 1 unspecified atom stereocenters. The molecule has 98 valence electrons. The van der Waals surface area contributed by atoms with Crippen LogP contribution in [0.2, 0.25) is 5.02 Å². The smallest absolute Gasteiger partial charge is 0.159 e. The molecule has 0 spiro atoms. The second-order valence-electron chi connectivity index (χ2n) is 4.55. The molecule has 2 rings (SSSR count). The Morgan fingerprint density at radius 3 is 2.42 bits per heavy atom. The summed E-state index contributed by atoms with van der Waals surface area (Å²) < 4.78 is 0. The molecular formula is C16H16ClNO. The van der Waals surface area contributed by atoms with Crippen LogP contribution in [0, 0.1) is 0 Å². The van der Waals surface area contributed by atoms with Crippen molar-refractivity contribution in [2.24, 2.45) is 0 Å². The fourth-order valence-electron chi connectivity index (χ4n) is 1.91. The molecule has 1 atom stereocenters. The number of hydrogen-bond acceptors (Lipinski definition) is 2. The molecule has 0 heterocycles. The third-order valence-electron chi connectivity index (χ3n) is 3.02. The number of carbonyl (C=O) groups is 1. The molecule has 0 fully saturated rings. The molecule has 2 aromatic carbocycles. The molecule has 0 aliphatic carbocycles. The first-order valence-corrected chi connectivity index (χ1v) is 6.57. The van der Waals surface area contributed by atoms with Crippen LogP contribution in [0.4, 0.5) is 5.69 Å². The van der Waals surface area contributed by atoms with E-state index in [0.29, 0.717) is 0 Å². The Labute approximate surface area is 118 Å². The minimum Gasteiger partial charge on any atom is -0.379 e. The molecule has 19 heavy (non-hydrogen) atoms. The quantitative estimate of drug-likeness (QED) is 0.817. The van der Waals surface area contributed by atoms with Crippen molar-refractivity contribution in [3.63, 3.8) is 0 Å². The highest BCUT2D eigenvalue weighted by molar-refractivity contribution is 6.30. The van der Waals surface area contributed by atoms with Gasteiger partial charge in [-0.1, -0.05) is 23.7 Å². The molecule has 3 heteroatoms. The average Bonchev–Trinajstić information content (AvgIpc) is 2.39. The van der Waals surface area contributed by atoms with Gasteiger partial charge < -0.3 is 5.32 Å². The van der Waals surface area contributed by atoms with E-state index in [0.717, 1.165) is 21.8 Å². The van der Waals surface area contributed by atoms with Crippen LogP contribution in [0.5, 0.6) is 0 Å². The van der Waals surface area contributed by atoms with E-state index < -0.39 is 0 Å². The van der Waals surface area contributed by atoms with Crippen LogP contribution >= 0.6 is 11.6 Å². The first-order chi connectivity index (χ1) is 9.06. The number of carbonyl (C=O) groups excluding carboxylic acids is 1. The van der Waals surface area contributed by atoms with Crippen molar-refractivity contribution in [3.8, 4) is 0 Å². The molecule has 0 aliphatic heterocycles. The summed E-state index contributed by atoms with van der Waals surface area (Å²) in [6.45, 7) is 3.64. The van der Waals surface area contributed by atoms with Crippen molar-refractivity contribution >= 4 is 23.1 Å². The summed E-state index contributed by atoms with van der Waals surface area (Å²) >= 11 is 5.98.